The summed E-state index contributed by atoms with van der Waals surface area (Å²) in [5, 5.41) is 2.53. The topological polar surface area (TPSA) is 78.4 Å². The molecule has 0 spiro atoms. The molecule has 0 saturated carbocycles. The second-order valence-corrected chi connectivity index (χ2v) is 5.73. The van der Waals surface area contributed by atoms with Gasteiger partial charge in [-0.25, -0.2) is 9.97 Å². The number of carbonyl (C=O) groups excluding carboxylic acids is 2. The summed E-state index contributed by atoms with van der Waals surface area (Å²) in [5.41, 5.74) is 0.295. The molecule has 2 saturated heterocycles. The van der Waals surface area contributed by atoms with Crippen LogP contribution in [0.5, 0.6) is 0 Å². The second-order valence-electron chi connectivity index (χ2n) is 5.73. The molecule has 0 bridgehead atoms. The van der Waals surface area contributed by atoms with Crippen molar-refractivity contribution in [3.05, 3.63) is 18.0 Å². The average molecular weight is 343 g/mol. The molecule has 1 N–H and O–H groups in total. The predicted octanol–water partition coefficient (Wildman–Crippen LogP) is 0.118. The van der Waals surface area contributed by atoms with Crippen LogP contribution in [-0.4, -0.2) is 65.1 Å². The summed E-state index contributed by atoms with van der Waals surface area (Å²) in [4.78, 5) is 35.2. The van der Waals surface area contributed by atoms with E-state index in [1.165, 1.54) is 17.2 Å². The molecule has 7 nitrogen and oxygen atoms in total. The van der Waals surface area contributed by atoms with Crippen LogP contribution >= 0.6 is 0 Å². The predicted molar refractivity (Wildman–Crippen MR) is 77.1 cm³/mol. The molecule has 1 aromatic heterocycles. The van der Waals surface area contributed by atoms with Crippen molar-refractivity contribution in [2.45, 2.75) is 25.1 Å². The molecule has 10 heteroatoms. The number of nitrogens with zero attached hydrogens (tertiary/aromatic N) is 4. The molecule has 1 atom stereocenters. The largest absolute Gasteiger partial charge is 0.389 e. The van der Waals surface area contributed by atoms with Gasteiger partial charge in [0.1, 0.15) is 6.04 Å². The number of alkyl halides is 3. The summed E-state index contributed by atoms with van der Waals surface area (Å²) in [6.07, 6.45) is -4.00. The maximum Gasteiger partial charge on any atom is 0.389 e. The van der Waals surface area contributed by atoms with Crippen molar-refractivity contribution in [1.29, 1.82) is 0 Å². The van der Waals surface area contributed by atoms with Crippen LogP contribution in [0, 0.1) is 0 Å². The van der Waals surface area contributed by atoms with Gasteiger partial charge >= 0.3 is 6.18 Å². The second kappa shape index (κ2) is 6.25. The SMILES string of the molecule is O=C1NCC(=O)N2CCN(c3nccc(CCC(F)(F)F)n3)CC12. The first-order chi connectivity index (χ1) is 11.3. The van der Waals surface area contributed by atoms with Crippen molar-refractivity contribution in [3.8, 4) is 0 Å². The van der Waals surface area contributed by atoms with E-state index < -0.39 is 18.6 Å². The van der Waals surface area contributed by atoms with E-state index in [1.807, 2.05) is 0 Å². The molecule has 3 rings (SSSR count). The molecule has 2 fully saturated rings. The van der Waals surface area contributed by atoms with Gasteiger partial charge in [-0.05, 0) is 12.5 Å². The summed E-state index contributed by atoms with van der Waals surface area (Å²) in [6, 6.07) is 0.824. The fourth-order valence-electron chi connectivity index (χ4n) is 2.82. The van der Waals surface area contributed by atoms with Crippen molar-refractivity contribution in [2.24, 2.45) is 0 Å². The molecule has 2 aliphatic rings. The Kier molecular flexibility index (Phi) is 4.29. The van der Waals surface area contributed by atoms with Crippen LogP contribution in [0.15, 0.2) is 12.3 Å². The Bertz CT molecular complexity index is 652. The third kappa shape index (κ3) is 3.57. The van der Waals surface area contributed by atoms with Gasteiger partial charge in [-0.15, -0.1) is 0 Å². The molecular formula is C14H16F3N5O2. The number of hydrogen-bond donors (Lipinski definition) is 1. The first-order valence-corrected chi connectivity index (χ1v) is 7.54. The highest BCUT2D eigenvalue weighted by Gasteiger charge is 2.39. The zero-order valence-corrected chi connectivity index (χ0v) is 12.7. The van der Waals surface area contributed by atoms with Crippen LogP contribution in [0.3, 0.4) is 0 Å². The average Bonchev–Trinajstić information content (AvgIpc) is 2.56. The molecule has 1 unspecified atom stereocenters. The Morgan fingerprint density at radius 2 is 2.08 bits per heavy atom. The minimum Gasteiger partial charge on any atom is -0.345 e. The van der Waals surface area contributed by atoms with Crippen molar-refractivity contribution in [2.75, 3.05) is 31.1 Å². The standard InChI is InChI=1S/C14H16F3N5O2/c15-14(16,17)3-1-9-2-4-18-13(20-9)21-5-6-22-10(8-21)12(24)19-7-11(22)23/h2,4,10H,1,3,5-8H2,(H,19,24). The number of anilines is 1. The third-order valence-electron chi connectivity index (χ3n) is 4.07. The Morgan fingerprint density at radius 3 is 2.83 bits per heavy atom. The lowest BCUT2D eigenvalue weighted by Crippen LogP contribution is -2.66. The molecule has 0 radical (unpaired) electrons. The summed E-state index contributed by atoms with van der Waals surface area (Å²) in [7, 11) is 0. The van der Waals surface area contributed by atoms with Gasteiger partial charge in [0.05, 0.1) is 13.1 Å². The number of amides is 2. The number of nitrogens with one attached hydrogen (secondary N) is 1. The molecule has 2 amide bonds. The first kappa shape index (κ1) is 16.5. The summed E-state index contributed by atoms with van der Waals surface area (Å²) in [5.74, 6) is -0.105. The third-order valence-corrected chi connectivity index (χ3v) is 4.07. The number of fused-ring (bicyclic) bond motifs is 1. The quantitative estimate of drug-likeness (QED) is 0.843. The van der Waals surface area contributed by atoms with Crippen LogP contribution in [0.1, 0.15) is 12.1 Å². The Labute approximate surface area is 135 Å². The molecule has 3 heterocycles. The number of rotatable bonds is 3. The zero-order chi connectivity index (χ0) is 17.3. The van der Waals surface area contributed by atoms with Crippen molar-refractivity contribution < 1.29 is 22.8 Å². The lowest BCUT2D eigenvalue weighted by Gasteiger charge is -2.42. The maximum absolute atomic E-state index is 12.3. The zero-order valence-electron chi connectivity index (χ0n) is 12.7. The van der Waals surface area contributed by atoms with Crippen LogP contribution in [0.2, 0.25) is 0 Å². The highest BCUT2D eigenvalue weighted by Crippen LogP contribution is 2.22. The fourth-order valence-corrected chi connectivity index (χ4v) is 2.82. The van der Waals surface area contributed by atoms with Crippen LogP contribution in [-0.2, 0) is 16.0 Å². The molecule has 24 heavy (non-hydrogen) atoms. The summed E-state index contributed by atoms with van der Waals surface area (Å²) >= 11 is 0. The molecule has 0 aliphatic carbocycles. The van der Waals surface area contributed by atoms with Gasteiger partial charge in [0.25, 0.3) is 0 Å². The molecule has 130 valence electrons. The summed E-state index contributed by atoms with van der Waals surface area (Å²) < 4.78 is 37.0. The van der Waals surface area contributed by atoms with Crippen LogP contribution in [0.25, 0.3) is 0 Å². The van der Waals surface area contributed by atoms with Gasteiger partial charge in [0, 0.05) is 31.4 Å². The number of aromatic nitrogens is 2. The molecular weight excluding hydrogens is 327 g/mol. The minimum atomic E-state index is -4.24. The van der Waals surface area contributed by atoms with E-state index in [2.05, 4.69) is 15.3 Å². The first-order valence-electron chi connectivity index (χ1n) is 7.54. The van der Waals surface area contributed by atoms with Gasteiger partial charge < -0.3 is 15.1 Å². The minimum absolute atomic E-state index is 0.00123. The highest BCUT2D eigenvalue weighted by molar-refractivity contribution is 5.95. The van der Waals surface area contributed by atoms with E-state index in [4.69, 9.17) is 0 Å². The van der Waals surface area contributed by atoms with Crippen LogP contribution in [0.4, 0.5) is 19.1 Å². The Morgan fingerprint density at radius 1 is 1.29 bits per heavy atom. The van der Waals surface area contributed by atoms with Crippen molar-refractivity contribution in [3.63, 3.8) is 0 Å². The van der Waals surface area contributed by atoms with E-state index in [9.17, 15) is 22.8 Å². The van der Waals surface area contributed by atoms with Gasteiger partial charge in [-0.1, -0.05) is 0 Å². The van der Waals surface area contributed by atoms with E-state index in [0.29, 0.717) is 18.8 Å². The van der Waals surface area contributed by atoms with Crippen molar-refractivity contribution in [1.82, 2.24) is 20.2 Å². The number of hydrogen-bond acceptors (Lipinski definition) is 5. The lowest BCUT2D eigenvalue weighted by atomic mass is 10.1. The number of halogens is 3. The van der Waals surface area contributed by atoms with E-state index >= 15 is 0 Å². The van der Waals surface area contributed by atoms with E-state index in [0.717, 1.165) is 0 Å². The van der Waals surface area contributed by atoms with E-state index in [1.54, 1.807) is 4.90 Å². The monoisotopic (exact) mass is 343 g/mol. The number of piperazine rings is 2. The number of carbonyl (C=O) groups is 2. The van der Waals surface area contributed by atoms with Gasteiger partial charge in [0.15, 0.2) is 0 Å². The normalized spacial score (nSPS) is 21.5. The lowest BCUT2D eigenvalue weighted by molar-refractivity contribution is -0.146. The molecule has 0 aromatic carbocycles. The Hall–Kier alpha value is -2.39. The molecule has 2 aliphatic heterocycles. The van der Waals surface area contributed by atoms with Gasteiger partial charge in [-0.3, -0.25) is 9.59 Å². The summed E-state index contributed by atoms with van der Waals surface area (Å²) in [6.45, 7) is 1.00. The van der Waals surface area contributed by atoms with Crippen molar-refractivity contribution >= 4 is 17.8 Å². The van der Waals surface area contributed by atoms with Gasteiger partial charge in [-0.2, -0.15) is 13.2 Å². The van der Waals surface area contributed by atoms with Crippen LogP contribution < -0.4 is 10.2 Å². The highest BCUT2D eigenvalue weighted by atomic mass is 19.4. The molecule has 1 aromatic rings. The Balaban J connectivity index is 1.71. The number of aryl methyl sites for hydroxylation is 1. The smallest absolute Gasteiger partial charge is 0.345 e. The van der Waals surface area contributed by atoms with Gasteiger partial charge in [0.2, 0.25) is 17.8 Å². The maximum atomic E-state index is 12.3. The van der Waals surface area contributed by atoms with E-state index in [-0.39, 0.29) is 37.3 Å². The fraction of sp³-hybridized carbons (Fsp3) is 0.571.